The van der Waals surface area contributed by atoms with Gasteiger partial charge in [0, 0.05) is 17.8 Å². The molecule has 178 valence electrons. The highest BCUT2D eigenvalue weighted by atomic mass is 35.5. The highest BCUT2D eigenvalue weighted by Crippen LogP contribution is 2.23. The van der Waals surface area contributed by atoms with Gasteiger partial charge in [0.15, 0.2) is 11.0 Å². The van der Waals surface area contributed by atoms with Gasteiger partial charge in [-0.25, -0.2) is 0 Å². The smallest absolute Gasteiger partial charge is 0.251 e. The van der Waals surface area contributed by atoms with Gasteiger partial charge >= 0.3 is 0 Å². The molecule has 3 rings (SSSR count). The third kappa shape index (κ3) is 6.85. The van der Waals surface area contributed by atoms with E-state index in [0.29, 0.717) is 39.1 Å². The van der Waals surface area contributed by atoms with Crippen molar-refractivity contribution in [2.24, 2.45) is 0 Å². The number of benzene rings is 2. The number of hydrogen-bond donors (Lipinski definition) is 2. The molecule has 7 nitrogen and oxygen atoms in total. The summed E-state index contributed by atoms with van der Waals surface area (Å²) >= 11 is 13.2. The molecule has 10 heteroatoms. The molecule has 2 N–H and O–H groups in total. The summed E-state index contributed by atoms with van der Waals surface area (Å²) in [5, 5.41) is 15.3. The number of hydrogen-bond acceptors (Lipinski definition) is 5. The molecule has 0 aliphatic heterocycles. The minimum atomic E-state index is -0.316. The number of nitrogens with one attached hydrogen (secondary N) is 2. The zero-order valence-corrected chi connectivity index (χ0v) is 21.2. The van der Waals surface area contributed by atoms with Gasteiger partial charge in [-0.05, 0) is 41.8 Å². The normalized spacial score (nSPS) is 10.9. The van der Waals surface area contributed by atoms with Gasteiger partial charge in [0.2, 0.25) is 5.91 Å². The van der Waals surface area contributed by atoms with Gasteiger partial charge in [0.05, 0.1) is 22.3 Å². The highest BCUT2D eigenvalue weighted by molar-refractivity contribution is 7.99. The molecule has 0 radical (unpaired) electrons. The van der Waals surface area contributed by atoms with E-state index in [9.17, 15) is 9.59 Å². The summed E-state index contributed by atoms with van der Waals surface area (Å²) < 4.78 is 1.80. The molecule has 3 aromatic rings. The van der Waals surface area contributed by atoms with Crippen molar-refractivity contribution < 1.29 is 9.59 Å². The summed E-state index contributed by atoms with van der Waals surface area (Å²) in [4.78, 5) is 24.9. The molecule has 0 unspecified atom stereocenters. The number of rotatable bonds is 10. The summed E-state index contributed by atoms with van der Waals surface area (Å²) in [5.74, 6) is 0.672. The van der Waals surface area contributed by atoms with Crippen molar-refractivity contribution in [1.82, 2.24) is 20.1 Å². The van der Waals surface area contributed by atoms with Crippen LogP contribution in [-0.4, -0.2) is 32.3 Å². The Morgan fingerprint density at radius 2 is 1.85 bits per heavy atom. The predicted octanol–water partition coefficient (Wildman–Crippen LogP) is 5.56. The lowest BCUT2D eigenvalue weighted by Crippen LogP contribution is -2.25. The van der Waals surface area contributed by atoms with E-state index in [1.807, 2.05) is 24.3 Å². The van der Waals surface area contributed by atoms with Crippen molar-refractivity contribution in [2.45, 2.75) is 38.0 Å². The van der Waals surface area contributed by atoms with Crippen LogP contribution in [0.25, 0.3) is 0 Å². The number of aromatic nitrogens is 3. The van der Waals surface area contributed by atoms with Gasteiger partial charge in [0.1, 0.15) is 0 Å². The fraction of sp³-hybridized carbons (Fsp3) is 0.250. The maximum atomic E-state index is 12.5. The van der Waals surface area contributed by atoms with E-state index >= 15 is 0 Å². The van der Waals surface area contributed by atoms with Crippen LogP contribution in [-0.2, 0) is 17.9 Å². The van der Waals surface area contributed by atoms with Gasteiger partial charge < -0.3 is 15.2 Å². The summed E-state index contributed by atoms with van der Waals surface area (Å²) in [6, 6.07) is 12.5. The molecule has 1 heterocycles. The molecular weight excluding hydrogens is 493 g/mol. The third-order valence-electron chi connectivity index (χ3n) is 4.89. The highest BCUT2D eigenvalue weighted by Gasteiger charge is 2.15. The standard InChI is InChI=1S/C24H25Cl2N5O2S/c1-4-11-31-21(13-27-23(33)17-7-10-19(25)20(26)12-17)29-30-24(31)34-14-22(32)28-18-8-5-16(6-9-18)15(2)3/h4-10,12,15H,1,11,13-14H2,2-3H3,(H,27,33)(H,28,32). The molecule has 2 aromatic carbocycles. The third-order valence-corrected chi connectivity index (χ3v) is 6.59. The number of thioether (sulfide) groups is 1. The van der Waals surface area contributed by atoms with Gasteiger partial charge in [-0.2, -0.15) is 0 Å². The van der Waals surface area contributed by atoms with Crippen LogP contribution in [0.2, 0.25) is 10.0 Å². The molecule has 0 bridgehead atoms. The second kappa shape index (κ2) is 12.1. The van der Waals surface area contributed by atoms with Crippen LogP contribution in [0, 0.1) is 0 Å². The minimum Gasteiger partial charge on any atom is -0.345 e. The Balaban J connectivity index is 1.59. The summed E-state index contributed by atoms with van der Waals surface area (Å²) in [7, 11) is 0. The van der Waals surface area contributed by atoms with Crippen molar-refractivity contribution in [2.75, 3.05) is 11.1 Å². The first-order chi connectivity index (χ1) is 16.3. The largest absolute Gasteiger partial charge is 0.345 e. The maximum Gasteiger partial charge on any atom is 0.251 e. The molecule has 0 saturated heterocycles. The molecule has 0 atom stereocenters. The number of nitrogens with zero attached hydrogens (tertiary/aromatic N) is 3. The van der Waals surface area contributed by atoms with Gasteiger partial charge in [0.25, 0.3) is 5.91 Å². The Labute approximate surface area is 212 Å². The van der Waals surface area contributed by atoms with Gasteiger partial charge in [-0.1, -0.05) is 67.0 Å². The first kappa shape index (κ1) is 25.8. The van der Waals surface area contributed by atoms with Crippen LogP contribution in [0.3, 0.4) is 0 Å². The average Bonchev–Trinajstić information content (AvgIpc) is 3.20. The summed E-state index contributed by atoms with van der Waals surface area (Å²) in [5.41, 5.74) is 2.34. The Morgan fingerprint density at radius 1 is 1.12 bits per heavy atom. The van der Waals surface area contributed by atoms with E-state index in [0.717, 1.165) is 5.69 Å². The van der Waals surface area contributed by atoms with Crippen molar-refractivity contribution in [3.63, 3.8) is 0 Å². The second-order valence-corrected chi connectivity index (χ2v) is 9.48. The quantitative estimate of drug-likeness (QED) is 0.271. The second-order valence-electron chi connectivity index (χ2n) is 7.72. The summed E-state index contributed by atoms with van der Waals surface area (Å²) in [6.07, 6.45) is 1.70. The Hall–Kier alpha value is -2.81. The lowest BCUT2D eigenvalue weighted by Gasteiger charge is -2.10. The molecular formula is C24H25Cl2N5O2S. The van der Waals surface area contributed by atoms with Gasteiger partial charge in [-0.15, -0.1) is 16.8 Å². The van der Waals surface area contributed by atoms with Crippen molar-refractivity contribution in [3.05, 3.63) is 82.1 Å². The van der Waals surface area contributed by atoms with Crippen molar-refractivity contribution >= 4 is 52.5 Å². The lowest BCUT2D eigenvalue weighted by molar-refractivity contribution is -0.113. The van der Waals surface area contributed by atoms with Crippen molar-refractivity contribution in [3.8, 4) is 0 Å². The summed E-state index contributed by atoms with van der Waals surface area (Å²) in [6.45, 7) is 8.60. The van der Waals surface area contributed by atoms with Crippen molar-refractivity contribution in [1.29, 1.82) is 0 Å². The first-order valence-electron chi connectivity index (χ1n) is 10.6. The maximum absolute atomic E-state index is 12.5. The average molecular weight is 518 g/mol. The van der Waals surface area contributed by atoms with Crippen LogP contribution in [0.4, 0.5) is 5.69 Å². The molecule has 0 fully saturated rings. The lowest BCUT2D eigenvalue weighted by atomic mass is 10.0. The van der Waals surface area contributed by atoms with Gasteiger partial charge in [-0.3, -0.25) is 9.59 Å². The molecule has 0 saturated carbocycles. The van der Waals surface area contributed by atoms with E-state index in [-0.39, 0.29) is 24.1 Å². The number of carbonyl (C=O) groups excluding carboxylic acids is 2. The fourth-order valence-electron chi connectivity index (χ4n) is 3.05. The SMILES string of the molecule is C=CCn1c(CNC(=O)c2ccc(Cl)c(Cl)c2)nnc1SCC(=O)Nc1ccc(C(C)C)cc1. The number of carbonyl (C=O) groups is 2. The van der Waals surface area contributed by atoms with Crippen LogP contribution in [0.15, 0.2) is 60.3 Å². The Kier molecular flexibility index (Phi) is 9.15. The topological polar surface area (TPSA) is 88.9 Å². The number of anilines is 1. The Bertz CT molecular complexity index is 1180. The van der Waals surface area contributed by atoms with E-state index in [4.69, 9.17) is 23.2 Å². The molecule has 2 amide bonds. The van der Waals surface area contributed by atoms with Crippen LogP contribution < -0.4 is 10.6 Å². The van der Waals surface area contributed by atoms with Crippen LogP contribution in [0.1, 0.15) is 41.5 Å². The molecule has 0 aliphatic rings. The zero-order chi connectivity index (χ0) is 24.7. The first-order valence-corrected chi connectivity index (χ1v) is 12.3. The molecule has 34 heavy (non-hydrogen) atoms. The Morgan fingerprint density at radius 3 is 2.50 bits per heavy atom. The molecule has 1 aromatic heterocycles. The monoisotopic (exact) mass is 517 g/mol. The number of halogens is 2. The van der Waals surface area contributed by atoms with E-state index in [1.165, 1.54) is 23.4 Å². The molecule has 0 aliphatic carbocycles. The zero-order valence-electron chi connectivity index (χ0n) is 18.8. The van der Waals surface area contributed by atoms with E-state index in [2.05, 4.69) is 41.3 Å². The molecule has 0 spiro atoms. The number of amides is 2. The van der Waals surface area contributed by atoms with E-state index < -0.39 is 0 Å². The fourth-order valence-corrected chi connectivity index (χ4v) is 4.11. The van der Waals surface area contributed by atoms with Crippen LogP contribution >= 0.6 is 35.0 Å². The number of allylic oxidation sites excluding steroid dienone is 1. The predicted molar refractivity (Wildman–Crippen MR) is 138 cm³/mol. The minimum absolute atomic E-state index is 0.148. The van der Waals surface area contributed by atoms with Crippen LogP contribution in [0.5, 0.6) is 0 Å². The van der Waals surface area contributed by atoms with E-state index in [1.54, 1.807) is 22.8 Å².